The van der Waals surface area contributed by atoms with Crippen LogP contribution in [0.5, 0.6) is 0 Å². The smallest absolute Gasteiger partial charge is 0.328 e. The summed E-state index contributed by atoms with van der Waals surface area (Å²) in [6.45, 7) is 3.62. The molecule has 0 aliphatic rings. The predicted molar refractivity (Wildman–Crippen MR) is 77.0 cm³/mol. The maximum atomic E-state index is 13.3. The molecule has 0 aliphatic heterocycles. The van der Waals surface area contributed by atoms with Crippen molar-refractivity contribution in [3.8, 4) is 0 Å². The van der Waals surface area contributed by atoms with E-state index >= 15 is 0 Å². The first-order valence-corrected chi connectivity index (χ1v) is 6.25. The number of carbonyl (C=O) groups is 1. The van der Waals surface area contributed by atoms with Gasteiger partial charge in [-0.15, -0.1) is 0 Å². The lowest BCUT2D eigenvalue weighted by Gasteiger charge is -2.09. The number of halogens is 1. The molecule has 102 valence electrons. The van der Waals surface area contributed by atoms with E-state index in [0.29, 0.717) is 16.7 Å². The molecule has 1 N–H and O–H groups in total. The van der Waals surface area contributed by atoms with Crippen LogP contribution in [-0.2, 0) is 4.79 Å². The lowest BCUT2D eigenvalue weighted by molar-refractivity contribution is -0.131. The first-order valence-electron chi connectivity index (χ1n) is 6.25. The Labute approximate surface area is 117 Å². The van der Waals surface area contributed by atoms with Crippen LogP contribution in [0, 0.1) is 19.7 Å². The van der Waals surface area contributed by atoms with Gasteiger partial charge in [0.2, 0.25) is 0 Å². The molecule has 2 nitrogen and oxygen atoms in total. The van der Waals surface area contributed by atoms with Crippen LogP contribution >= 0.6 is 0 Å². The molecule has 2 rings (SSSR count). The summed E-state index contributed by atoms with van der Waals surface area (Å²) in [5.41, 5.74) is 3.64. The van der Waals surface area contributed by atoms with Crippen LogP contribution < -0.4 is 0 Å². The molecule has 0 bridgehead atoms. The van der Waals surface area contributed by atoms with Gasteiger partial charge >= 0.3 is 5.97 Å². The number of hydrogen-bond donors (Lipinski definition) is 1. The fourth-order valence-electron chi connectivity index (χ4n) is 2.00. The largest absolute Gasteiger partial charge is 0.478 e. The van der Waals surface area contributed by atoms with Crippen molar-refractivity contribution in [1.82, 2.24) is 0 Å². The van der Waals surface area contributed by atoms with Crippen molar-refractivity contribution in [2.24, 2.45) is 0 Å². The lowest BCUT2D eigenvalue weighted by atomic mass is 9.95. The SMILES string of the molecule is Cc1ccc(/C(=C\C(=O)O)c2ccc(F)c(C)c2)cc1. The van der Waals surface area contributed by atoms with Crippen LogP contribution in [-0.4, -0.2) is 11.1 Å². The van der Waals surface area contributed by atoms with Crippen molar-refractivity contribution >= 4 is 11.5 Å². The zero-order valence-electron chi connectivity index (χ0n) is 11.4. The molecule has 20 heavy (non-hydrogen) atoms. The van der Waals surface area contributed by atoms with E-state index in [9.17, 15) is 9.18 Å². The molecule has 2 aromatic carbocycles. The van der Waals surface area contributed by atoms with E-state index in [-0.39, 0.29) is 5.82 Å². The van der Waals surface area contributed by atoms with Crippen LogP contribution in [0.4, 0.5) is 4.39 Å². The number of aryl methyl sites for hydroxylation is 2. The van der Waals surface area contributed by atoms with E-state index < -0.39 is 5.97 Å². The number of benzene rings is 2. The topological polar surface area (TPSA) is 37.3 Å². The van der Waals surface area contributed by atoms with Gasteiger partial charge in [-0.05, 0) is 48.2 Å². The highest BCUT2D eigenvalue weighted by atomic mass is 19.1. The Morgan fingerprint density at radius 3 is 2.20 bits per heavy atom. The van der Waals surface area contributed by atoms with Gasteiger partial charge in [-0.3, -0.25) is 0 Å². The molecule has 2 aromatic rings. The minimum atomic E-state index is -1.03. The number of carboxylic acid groups (broad SMARTS) is 1. The number of rotatable bonds is 3. The Hall–Kier alpha value is -2.42. The Morgan fingerprint density at radius 2 is 1.65 bits per heavy atom. The average molecular weight is 270 g/mol. The minimum absolute atomic E-state index is 0.299. The molecule has 0 radical (unpaired) electrons. The summed E-state index contributed by atoms with van der Waals surface area (Å²) in [6.07, 6.45) is 1.15. The molecule has 0 atom stereocenters. The van der Waals surface area contributed by atoms with Gasteiger partial charge in [0.15, 0.2) is 0 Å². The van der Waals surface area contributed by atoms with Crippen LogP contribution in [0.25, 0.3) is 5.57 Å². The fourth-order valence-corrected chi connectivity index (χ4v) is 2.00. The maximum Gasteiger partial charge on any atom is 0.328 e. The summed E-state index contributed by atoms with van der Waals surface area (Å²) >= 11 is 0. The van der Waals surface area contributed by atoms with Crippen molar-refractivity contribution in [1.29, 1.82) is 0 Å². The minimum Gasteiger partial charge on any atom is -0.478 e. The molecule has 3 heteroatoms. The molecule has 0 aliphatic carbocycles. The highest BCUT2D eigenvalue weighted by molar-refractivity contribution is 5.95. The Balaban J connectivity index is 2.56. The number of aliphatic carboxylic acids is 1. The molecule has 0 heterocycles. The third kappa shape index (κ3) is 3.12. The van der Waals surface area contributed by atoms with Crippen LogP contribution in [0.2, 0.25) is 0 Å². The fraction of sp³-hybridized carbons (Fsp3) is 0.118. The monoisotopic (exact) mass is 270 g/mol. The molecule has 0 unspecified atom stereocenters. The quantitative estimate of drug-likeness (QED) is 0.857. The summed E-state index contributed by atoms with van der Waals surface area (Å²) in [6, 6.07) is 12.2. The van der Waals surface area contributed by atoms with E-state index in [1.54, 1.807) is 19.1 Å². The van der Waals surface area contributed by atoms with Crippen molar-refractivity contribution in [2.75, 3.05) is 0 Å². The molecule has 0 saturated heterocycles. The molecular weight excluding hydrogens is 255 g/mol. The van der Waals surface area contributed by atoms with Gasteiger partial charge in [0, 0.05) is 6.08 Å². The highest BCUT2D eigenvalue weighted by Crippen LogP contribution is 2.25. The van der Waals surface area contributed by atoms with Crippen molar-refractivity contribution in [3.05, 3.63) is 76.6 Å². The molecule has 0 fully saturated rings. The molecule has 0 aromatic heterocycles. The van der Waals surface area contributed by atoms with Crippen molar-refractivity contribution in [3.63, 3.8) is 0 Å². The van der Waals surface area contributed by atoms with Gasteiger partial charge < -0.3 is 5.11 Å². The van der Waals surface area contributed by atoms with Crippen LogP contribution in [0.1, 0.15) is 22.3 Å². The van der Waals surface area contributed by atoms with Crippen molar-refractivity contribution < 1.29 is 14.3 Å². The summed E-state index contributed by atoms with van der Waals surface area (Å²) in [4.78, 5) is 11.0. The second-order valence-electron chi connectivity index (χ2n) is 4.73. The van der Waals surface area contributed by atoms with E-state index in [1.165, 1.54) is 6.07 Å². The maximum absolute atomic E-state index is 13.3. The first kappa shape index (κ1) is 14.0. The molecular formula is C17H15FO2. The zero-order valence-corrected chi connectivity index (χ0v) is 11.4. The normalized spacial score (nSPS) is 11.4. The third-order valence-corrected chi connectivity index (χ3v) is 3.10. The van der Waals surface area contributed by atoms with Crippen LogP contribution in [0.15, 0.2) is 48.5 Å². The lowest BCUT2D eigenvalue weighted by Crippen LogP contribution is -1.96. The zero-order chi connectivity index (χ0) is 14.7. The Morgan fingerprint density at radius 1 is 1.05 bits per heavy atom. The average Bonchev–Trinajstić information content (AvgIpc) is 2.40. The third-order valence-electron chi connectivity index (χ3n) is 3.10. The Bertz CT molecular complexity index is 670. The summed E-state index contributed by atoms with van der Waals surface area (Å²) in [5.74, 6) is -1.32. The van der Waals surface area contributed by atoms with Gasteiger partial charge in [0.05, 0.1) is 0 Å². The molecule has 0 amide bonds. The van der Waals surface area contributed by atoms with Gasteiger partial charge in [-0.1, -0.05) is 35.9 Å². The van der Waals surface area contributed by atoms with E-state index in [1.807, 2.05) is 31.2 Å². The van der Waals surface area contributed by atoms with Crippen molar-refractivity contribution in [2.45, 2.75) is 13.8 Å². The molecule has 0 spiro atoms. The highest BCUT2D eigenvalue weighted by Gasteiger charge is 2.09. The second kappa shape index (κ2) is 5.70. The first-order chi connectivity index (χ1) is 9.47. The molecule has 0 saturated carbocycles. The standard InChI is InChI=1S/C17H15FO2/c1-11-3-5-13(6-4-11)15(10-17(19)20)14-7-8-16(18)12(2)9-14/h3-10H,1-2H3,(H,19,20)/b15-10+. The summed E-state index contributed by atoms with van der Waals surface area (Å²) < 4.78 is 13.3. The van der Waals surface area contributed by atoms with Gasteiger partial charge in [0.1, 0.15) is 5.82 Å². The van der Waals surface area contributed by atoms with Gasteiger partial charge in [-0.2, -0.15) is 0 Å². The Kier molecular flexibility index (Phi) is 3.99. The van der Waals surface area contributed by atoms with E-state index in [4.69, 9.17) is 5.11 Å². The predicted octanol–water partition coefficient (Wildman–Crippen LogP) is 3.96. The summed E-state index contributed by atoms with van der Waals surface area (Å²) in [7, 11) is 0. The van der Waals surface area contributed by atoms with E-state index in [2.05, 4.69) is 0 Å². The second-order valence-corrected chi connectivity index (χ2v) is 4.73. The van der Waals surface area contributed by atoms with Gasteiger partial charge in [-0.25, -0.2) is 9.18 Å². The summed E-state index contributed by atoms with van der Waals surface area (Å²) in [5, 5.41) is 9.03. The van der Waals surface area contributed by atoms with Crippen LogP contribution in [0.3, 0.4) is 0 Å². The number of hydrogen-bond acceptors (Lipinski definition) is 1. The van der Waals surface area contributed by atoms with Gasteiger partial charge in [0.25, 0.3) is 0 Å². The number of carboxylic acids is 1. The van der Waals surface area contributed by atoms with E-state index in [0.717, 1.165) is 17.2 Å².